The monoisotopic (exact) mass is 290 g/mol. The van der Waals surface area contributed by atoms with Crippen LogP contribution >= 0.6 is 0 Å². The molecule has 36 valence electrons. The molecule has 0 bridgehead atoms. The summed E-state index contributed by atoms with van der Waals surface area (Å²) >= 11 is -2.14. The minimum atomic E-state index is -2.14. The third-order valence-electron chi connectivity index (χ3n) is 0.0913. The molecule has 0 saturated carbocycles. The molecule has 0 aromatic rings. The fraction of sp³-hybridized carbons (Fsp3) is 0. The second-order valence-corrected chi connectivity index (χ2v) is 1.45. The van der Waals surface area contributed by atoms with Gasteiger partial charge in [0.2, 0.25) is 0 Å². The van der Waals surface area contributed by atoms with Crippen molar-refractivity contribution >= 4 is 23.7 Å². The molecule has 6 heteroatoms. The number of hydrogen-bond acceptors (Lipinski definition) is 5. The average molecular weight is 290 g/mol. The van der Waals surface area contributed by atoms with Gasteiger partial charge in [0.1, 0.15) is 0 Å². The second-order valence-electron chi connectivity index (χ2n) is 0.292. The van der Waals surface area contributed by atoms with Gasteiger partial charge in [-0.3, -0.25) is 0 Å². The Kier molecular flexibility index (Phi) is 6.00. The van der Waals surface area contributed by atoms with Crippen LogP contribution in [0.3, 0.4) is 0 Å². The molecule has 0 heterocycles. The van der Waals surface area contributed by atoms with Crippen molar-refractivity contribution in [3.05, 3.63) is 0 Å². The van der Waals surface area contributed by atoms with Crippen LogP contribution in [0.1, 0.15) is 0 Å². The van der Waals surface area contributed by atoms with Crippen molar-refractivity contribution in [1.29, 1.82) is 0 Å². The maximum atomic E-state index is 9.33. The zero-order chi connectivity index (χ0) is 4.83. The molecule has 0 unspecified atom stereocenters. The zero-order valence-electron chi connectivity index (χ0n) is 2.53. The van der Waals surface area contributed by atoms with Crippen molar-refractivity contribution in [1.82, 2.24) is 0 Å². The topological polar surface area (TPSA) is 65.0 Å². The van der Waals surface area contributed by atoms with E-state index < -0.39 is 23.7 Å². The van der Waals surface area contributed by atoms with E-state index in [9.17, 15) is 2.81 Å². The zero-order valence-corrected chi connectivity index (χ0v) is 6.00. The SMILES string of the molecule is [O]=[Bi][O]OOO. The Morgan fingerprint density at radius 2 is 2.33 bits per heavy atom. The molecule has 0 saturated heterocycles. The standard InChI is InChI=1S/Bi.H2O4.O/c;1-3-4-2;/h;1-2H;/q+1;;/p-1. The molecule has 1 N–H and O–H groups in total. The summed E-state index contributed by atoms with van der Waals surface area (Å²) in [7, 11) is 0. The summed E-state index contributed by atoms with van der Waals surface area (Å²) in [6.45, 7) is 0. The molecule has 0 aliphatic rings. The van der Waals surface area contributed by atoms with Crippen LogP contribution in [0.4, 0.5) is 0 Å². The van der Waals surface area contributed by atoms with E-state index >= 15 is 0 Å². The van der Waals surface area contributed by atoms with E-state index in [1.807, 2.05) is 0 Å². The quantitative estimate of drug-likeness (QED) is 0.322. The third-order valence-corrected chi connectivity index (χ3v) is 0.564. The fourth-order valence-electron chi connectivity index (χ4n) is 0.0260. The van der Waals surface area contributed by atoms with Crippen molar-refractivity contribution < 1.29 is 21.1 Å². The van der Waals surface area contributed by atoms with Crippen LogP contribution in [0.25, 0.3) is 0 Å². The molecular weight excluding hydrogens is 289 g/mol. The minimum absolute atomic E-state index is 2.14. The Morgan fingerprint density at radius 1 is 1.67 bits per heavy atom. The van der Waals surface area contributed by atoms with Crippen molar-refractivity contribution in [3.8, 4) is 0 Å². The van der Waals surface area contributed by atoms with Crippen LogP contribution in [0.5, 0.6) is 0 Å². The van der Waals surface area contributed by atoms with Crippen LogP contribution in [-0.4, -0.2) is 28.9 Å². The summed E-state index contributed by atoms with van der Waals surface area (Å²) in [6.07, 6.45) is 0. The molecule has 0 radical (unpaired) electrons. The van der Waals surface area contributed by atoms with Gasteiger partial charge in [0.25, 0.3) is 0 Å². The van der Waals surface area contributed by atoms with Crippen molar-refractivity contribution in [2.75, 3.05) is 0 Å². The van der Waals surface area contributed by atoms with E-state index in [0.29, 0.717) is 0 Å². The molecule has 0 atom stereocenters. The van der Waals surface area contributed by atoms with E-state index in [2.05, 4.69) is 13.0 Å². The molecule has 6 heavy (non-hydrogen) atoms. The van der Waals surface area contributed by atoms with Gasteiger partial charge in [-0.2, -0.15) is 0 Å². The first-order valence-corrected chi connectivity index (χ1v) is 3.72. The molecular formula is HBiO5. The molecule has 0 aromatic heterocycles. The molecule has 0 aliphatic carbocycles. The van der Waals surface area contributed by atoms with Gasteiger partial charge in [-0.15, -0.1) is 0 Å². The maximum absolute atomic E-state index is 9.33. The molecule has 0 spiro atoms. The van der Waals surface area contributed by atoms with Crippen LogP contribution in [0, 0.1) is 0 Å². The number of hydrogen-bond donors (Lipinski definition) is 1. The van der Waals surface area contributed by atoms with Gasteiger partial charge in [0.05, 0.1) is 0 Å². The van der Waals surface area contributed by atoms with E-state index in [-0.39, 0.29) is 0 Å². The molecule has 5 nitrogen and oxygen atoms in total. The summed E-state index contributed by atoms with van der Waals surface area (Å²) in [5, 5.41) is 13.5. The normalized spacial score (nSPS) is 8.17. The van der Waals surface area contributed by atoms with Crippen LogP contribution < -0.4 is 0 Å². The third kappa shape index (κ3) is 4.52. The summed E-state index contributed by atoms with van der Waals surface area (Å²) in [4.78, 5) is 0. The van der Waals surface area contributed by atoms with Crippen molar-refractivity contribution in [2.45, 2.75) is 0 Å². The first-order chi connectivity index (χ1) is 2.91. The summed E-state index contributed by atoms with van der Waals surface area (Å²) in [5.74, 6) is 0. The van der Waals surface area contributed by atoms with E-state index in [0.717, 1.165) is 0 Å². The molecule has 0 aromatic carbocycles. The van der Waals surface area contributed by atoms with Crippen LogP contribution in [0.2, 0.25) is 0 Å². The fourth-order valence-corrected chi connectivity index (χ4v) is 0.228. The summed E-state index contributed by atoms with van der Waals surface area (Å²) in [5.41, 5.74) is 0. The first kappa shape index (κ1) is 6.52. The van der Waals surface area contributed by atoms with Gasteiger partial charge in [0.15, 0.2) is 0 Å². The van der Waals surface area contributed by atoms with E-state index in [1.165, 1.54) is 0 Å². The second kappa shape index (κ2) is 5.52. The van der Waals surface area contributed by atoms with Gasteiger partial charge in [-0.1, -0.05) is 0 Å². The predicted molar refractivity (Wildman–Crippen MR) is 12.3 cm³/mol. The van der Waals surface area contributed by atoms with Crippen LogP contribution in [-0.2, 0) is 15.9 Å². The Balaban J connectivity index is 2.49. The van der Waals surface area contributed by atoms with Crippen LogP contribution in [0.15, 0.2) is 0 Å². The Bertz CT molecular complexity index is 32.9. The van der Waals surface area contributed by atoms with Gasteiger partial charge < -0.3 is 0 Å². The Hall–Kier alpha value is 0.523. The van der Waals surface area contributed by atoms with Gasteiger partial charge >= 0.3 is 44.8 Å². The van der Waals surface area contributed by atoms with Crippen molar-refractivity contribution in [3.63, 3.8) is 0 Å². The van der Waals surface area contributed by atoms with Gasteiger partial charge in [-0.25, -0.2) is 0 Å². The van der Waals surface area contributed by atoms with E-state index in [4.69, 9.17) is 5.26 Å². The Morgan fingerprint density at radius 3 is 2.50 bits per heavy atom. The predicted octanol–water partition coefficient (Wildman–Crippen LogP) is -0.696. The molecule has 0 amide bonds. The van der Waals surface area contributed by atoms with Gasteiger partial charge in [-0.05, 0) is 0 Å². The molecule has 0 fully saturated rings. The summed E-state index contributed by atoms with van der Waals surface area (Å²) in [6, 6.07) is 0. The van der Waals surface area contributed by atoms with Crippen molar-refractivity contribution in [2.24, 2.45) is 0 Å². The van der Waals surface area contributed by atoms with E-state index in [1.54, 1.807) is 0 Å². The Labute approximate surface area is 45.2 Å². The van der Waals surface area contributed by atoms with Gasteiger partial charge in [0, 0.05) is 0 Å². The first-order valence-electron chi connectivity index (χ1n) is 0.881. The number of rotatable bonds is 3. The average Bonchev–Trinajstić information content (AvgIpc) is 1.61. The molecule has 0 aliphatic heterocycles. The molecule has 0 rings (SSSR count). The summed E-state index contributed by atoms with van der Waals surface area (Å²) < 4.78 is 13.0.